The lowest BCUT2D eigenvalue weighted by Crippen LogP contribution is -2.44. The molecule has 1 saturated heterocycles. The van der Waals surface area contributed by atoms with Crippen molar-refractivity contribution in [3.63, 3.8) is 0 Å². The van der Waals surface area contributed by atoms with Crippen molar-refractivity contribution in [2.75, 3.05) is 19.6 Å². The summed E-state index contributed by atoms with van der Waals surface area (Å²) in [4.78, 5) is 18.3. The molecule has 6 heteroatoms. The normalized spacial score (nSPS) is 15.1. The number of nitrogens with one attached hydrogen (secondary N) is 1. The summed E-state index contributed by atoms with van der Waals surface area (Å²) in [5.74, 6) is 0.391. The van der Waals surface area contributed by atoms with Crippen LogP contribution in [0.15, 0.2) is 42.6 Å². The van der Waals surface area contributed by atoms with Crippen LogP contribution < -0.4 is 5.32 Å². The van der Waals surface area contributed by atoms with E-state index in [1.165, 1.54) is 6.07 Å². The molecule has 1 aromatic carbocycles. The molecular formula is C19H23N3O3. The highest BCUT2D eigenvalue weighted by Gasteiger charge is 2.25. The zero-order valence-electron chi connectivity index (χ0n) is 14.1. The number of benzene rings is 1. The monoisotopic (exact) mass is 341 g/mol. The third-order valence-corrected chi connectivity index (χ3v) is 4.62. The van der Waals surface area contributed by atoms with Crippen LogP contribution in [-0.2, 0) is 6.42 Å². The Labute approximate surface area is 147 Å². The lowest BCUT2D eigenvalue weighted by Gasteiger charge is -2.32. The Morgan fingerprint density at radius 3 is 2.68 bits per heavy atom. The third kappa shape index (κ3) is 4.41. The average molecular weight is 341 g/mol. The molecule has 0 unspecified atom stereocenters. The first-order valence-electron chi connectivity index (χ1n) is 8.58. The minimum atomic E-state index is -0.0516. The van der Waals surface area contributed by atoms with Gasteiger partial charge in [0.2, 0.25) is 0 Å². The Kier molecular flexibility index (Phi) is 5.38. The smallest absolute Gasteiger partial charge is 0.317 e. The van der Waals surface area contributed by atoms with Crippen LogP contribution in [0.3, 0.4) is 0 Å². The number of amides is 2. The molecule has 3 rings (SSSR count). The number of likely N-dealkylation sites (tertiary alicyclic amines) is 1. The number of carbonyl (C=O) groups is 1. The van der Waals surface area contributed by atoms with Crippen molar-refractivity contribution in [1.82, 2.24) is 15.2 Å². The van der Waals surface area contributed by atoms with Crippen molar-refractivity contribution < 1.29 is 15.0 Å². The molecule has 0 saturated carbocycles. The fourth-order valence-electron chi connectivity index (χ4n) is 3.23. The minimum Gasteiger partial charge on any atom is -0.508 e. The number of piperidine rings is 1. The number of aromatic hydroxyl groups is 2. The Bertz CT molecular complexity index is 713. The van der Waals surface area contributed by atoms with Crippen molar-refractivity contribution in [3.8, 4) is 11.5 Å². The average Bonchev–Trinajstić information content (AvgIpc) is 2.63. The maximum atomic E-state index is 12.3. The third-order valence-electron chi connectivity index (χ3n) is 4.62. The van der Waals surface area contributed by atoms with E-state index < -0.39 is 0 Å². The summed E-state index contributed by atoms with van der Waals surface area (Å²) in [6.07, 6.45) is 4.06. The summed E-state index contributed by atoms with van der Waals surface area (Å²) < 4.78 is 0. The molecule has 25 heavy (non-hydrogen) atoms. The summed E-state index contributed by atoms with van der Waals surface area (Å²) >= 11 is 0. The number of rotatable bonds is 4. The van der Waals surface area contributed by atoms with Crippen LogP contribution >= 0.6 is 0 Å². The van der Waals surface area contributed by atoms with Crippen LogP contribution in [0, 0.1) is 0 Å². The van der Waals surface area contributed by atoms with Crippen LogP contribution in [-0.4, -0.2) is 45.8 Å². The molecule has 1 aliphatic rings. The molecule has 2 aromatic rings. The van der Waals surface area contributed by atoms with Gasteiger partial charge in [0, 0.05) is 44.0 Å². The molecule has 0 radical (unpaired) electrons. The Hall–Kier alpha value is -2.76. The van der Waals surface area contributed by atoms with Gasteiger partial charge < -0.3 is 20.4 Å². The molecule has 1 aromatic heterocycles. The number of hydrogen-bond donors (Lipinski definition) is 3. The SMILES string of the molecule is O=C(NCCc1ccccn1)N1CCC(c2ccc(O)cc2O)CC1. The van der Waals surface area contributed by atoms with Crippen LogP contribution in [0.4, 0.5) is 4.79 Å². The number of phenols is 2. The van der Waals surface area contributed by atoms with Crippen molar-refractivity contribution >= 4 is 6.03 Å². The van der Waals surface area contributed by atoms with Gasteiger partial charge in [-0.2, -0.15) is 0 Å². The summed E-state index contributed by atoms with van der Waals surface area (Å²) in [5, 5.41) is 22.3. The van der Waals surface area contributed by atoms with Gasteiger partial charge in [-0.05, 0) is 42.5 Å². The van der Waals surface area contributed by atoms with Crippen molar-refractivity contribution in [2.45, 2.75) is 25.2 Å². The number of pyridine rings is 1. The van der Waals surface area contributed by atoms with Gasteiger partial charge >= 0.3 is 6.03 Å². The predicted octanol–water partition coefficient (Wildman–Crippen LogP) is 2.62. The number of carbonyl (C=O) groups excluding carboxylic acids is 1. The number of aromatic nitrogens is 1. The molecular weight excluding hydrogens is 318 g/mol. The van der Waals surface area contributed by atoms with E-state index in [1.807, 2.05) is 23.1 Å². The minimum absolute atomic E-state index is 0.0516. The van der Waals surface area contributed by atoms with Gasteiger partial charge in [0.15, 0.2) is 0 Å². The first-order chi connectivity index (χ1) is 12.1. The zero-order valence-corrected chi connectivity index (χ0v) is 14.1. The lowest BCUT2D eigenvalue weighted by atomic mass is 9.89. The highest BCUT2D eigenvalue weighted by atomic mass is 16.3. The quantitative estimate of drug-likeness (QED) is 0.798. The fraction of sp³-hybridized carbons (Fsp3) is 0.368. The topological polar surface area (TPSA) is 85.7 Å². The molecule has 0 spiro atoms. The second-order valence-electron chi connectivity index (χ2n) is 6.31. The molecule has 2 amide bonds. The van der Waals surface area contributed by atoms with Gasteiger partial charge in [0.1, 0.15) is 11.5 Å². The summed E-state index contributed by atoms with van der Waals surface area (Å²) in [6.45, 7) is 1.87. The highest BCUT2D eigenvalue weighted by Crippen LogP contribution is 2.35. The molecule has 1 aliphatic heterocycles. The Morgan fingerprint density at radius 1 is 1.20 bits per heavy atom. The van der Waals surface area contributed by atoms with Gasteiger partial charge in [-0.3, -0.25) is 4.98 Å². The second-order valence-corrected chi connectivity index (χ2v) is 6.31. The van der Waals surface area contributed by atoms with E-state index in [1.54, 1.807) is 18.3 Å². The van der Waals surface area contributed by atoms with E-state index in [2.05, 4.69) is 10.3 Å². The van der Waals surface area contributed by atoms with Crippen LogP contribution in [0.1, 0.15) is 30.0 Å². The number of urea groups is 1. The Balaban J connectivity index is 1.46. The predicted molar refractivity (Wildman–Crippen MR) is 94.7 cm³/mol. The second kappa shape index (κ2) is 7.88. The summed E-state index contributed by atoms with van der Waals surface area (Å²) in [6, 6.07) is 10.4. The molecule has 132 valence electrons. The molecule has 6 nitrogen and oxygen atoms in total. The van der Waals surface area contributed by atoms with E-state index in [9.17, 15) is 15.0 Å². The standard InChI is InChI=1S/C19H23N3O3/c23-16-4-5-17(18(24)13-16)14-7-11-22(12-8-14)19(25)21-10-6-15-3-1-2-9-20-15/h1-5,9,13-14,23-24H,6-8,10-12H2,(H,21,25). The van der Waals surface area contributed by atoms with Gasteiger partial charge in [-0.25, -0.2) is 4.79 Å². The zero-order chi connectivity index (χ0) is 17.6. The van der Waals surface area contributed by atoms with E-state index in [4.69, 9.17) is 0 Å². The van der Waals surface area contributed by atoms with Crippen LogP contribution in [0.5, 0.6) is 11.5 Å². The summed E-state index contributed by atoms with van der Waals surface area (Å²) in [5.41, 5.74) is 1.80. The van der Waals surface area contributed by atoms with Gasteiger partial charge in [-0.15, -0.1) is 0 Å². The fourth-order valence-corrected chi connectivity index (χ4v) is 3.23. The molecule has 0 atom stereocenters. The van der Waals surface area contributed by atoms with Crippen molar-refractivity contribution in [2.24, 2.45) is 0 Å². The Morgan fingerprint density at radius 2 is 2.00 bits per heavy atom. The van der Waals surface area contributed by atoms with Gasteiger partial charge in [0.25, 0.3) is 0 Å². The van der Waals surface area contributed by atoms with Crippen LogP contribution in [0.2, 0.25) is 0 Å². The first kappa shape index (κ1) is 17.1. The van der Waals surface area contributed by atoms with E-state index in [0.29, 0.717) is 26.1 Å². The number of hydrogen-bond acceptors (Lipinski definition) is 4. The largest absolute Gasteiger partial charge is 0.508 e. The first-order valence-corrected chi connectivity index (χ1v) is 8.58. The lowest BCUT2D eigenvalue weighted by molar-refractivity contribution is 0.181. The van der Waals surface area contributed by atoms with E-state index in [0.717, 1.165) is 24.1 Å². The highest BCUT2D eigenvalue weighted by molar-refractivity contribution is 5.74. The molecule has 0 aliphatic carbocycles. The summed E-state index contributed by atoms with van der Waals surface area (Å²) in [7, 11) is 0. The van der Waals surface area contributed by atoms with Crippen LogP contribution in [0.25, 0.3) is 0 Å². The van der Waals surface area contributed by atoms with Crippen molar-refractivity contribution in [1.29, 1.82) is 0 Å². The van der Waals surface area contributed by atoms with Crippen molar-refractivity contribution in [3.05, 3.63) is 53.9 Å². The van der Waals surface area contributed by atoms with Gasteiger partial charge in [0.05, 0.1) is 0 Å². The number of phenolic OH excluding ortho intramolecular Hbond substituents is 2. The van der Waals surface area contributed by atoms with Gasteiger partial charge in [-0.1, -0.05) is 12.1 Å². The molecule has 0 bridgehead atoms. The van der Waals surface area contributed by atoms with E-state index in [-0.39, 0.29) is 23.4 Å². The maximum Gasteiger partial charge on any atom is 0.317 e. The maximum absolute atomic E-state index is 12.3. The molecule has 3 N–H and O–H groups in total. The molecule has 1 fully saturated rings. The molecule has 2 heterocycles. The number of nitrogens with zero attached hydrogens (tertiary/aromatic N) is 2. The van der Waals surface area contributed by atoms with E-state index >= 15 is 0 Å².